The van der Waals surface area contributed by atoms with Crippen molar-refractivity contribution in [3.63, 3.8) is 0 Å². The summed E-state index contributed by atoms with van der Waals surface area (Å²) in [4.78, 5) is 0. The molecule has 0 aliphatic heterocycles. The Hall–Kier alpha value is 0.384. The summed E-state index contributed by atoms with van der Waals surface area (Å²) in [5.41, 5.74) is 2.33. The minimum Gasteiger partial charge on any atom is -0.595 e. The van der Waals surface area contributed by atoms with Crippen molar-refractivity contribution in [3.8, 4) is 0 Å². The molecule has 1 nitrogen and oxygen atoms in total. The fraction of sp³-hybridized carbons (Fsp3) is 0.429. The van der Waals surface area contributed by atoms with E-state index in [1.165, 1.54) is 5.56 Å². The van der Waals surface area contributed by atoms with Crippen molar-refractivity contribution in [2.75, 3.05) is 0 Å². The first-order valence-corrected chi connectivity index (χ1v) is 2.66. The van der Waals surface area contributed by atoms with E-state index in [1.807, 2.05) is 20.8 Å². The Balaban J connectivity index is 0.000000640. The fourth-order valence-electron chi connectivity index (χ4n) is 0.570. The summed E-state index contributed by atoms with van der Waals surface area (Å²) in [7, 11) is 0. The van der Waals surface area contributed by atoms with Crippen molar-refractivity contribution >= 4 is 0 Å². The number of hydrogen-bond acceptors (Lipinski definition) is 1. The van der Waals surface area contributed by atoms with Crippen LogP contribution in [0.4, 0.5) is 0 Å². The number of furan rings is 1. The van der Waals surface area contributed by atoms with E-state index in [4.69, 9.17) is 4.42 Å². The zero-order valence-corrected chi connectivity index (χ0v) is 8.82. The van der Waals surface area contributed by atoms with Gasteiger partial charge in [-0.25, -0.2) is 0 Å². The molecule has 0 aromatic carbocycles. The summed E-state index contributed by atoms with van der Waals surface area (Å²) in [6.07, 6.45) is 2.76. The van der Waals surface area contributed by atoms with Gasteiger partial charge >= 0.3 is 0 Å². The first-order chi connectivity index (χ1) is 3.72. The Kier molecular flexibility index (Phi) is 3.68. The maximum absolute atomic E-state index is 4.97. The molecule has 0 spiro atoms. The minimum atomic E-state index is 0. The molecule has 0 N–H and O–H groups in total. The topological polar surface area (TPSA) is 13.1 Å². The predicted molar refractivity (Wildman–Crippen MR) is 31.8 cm³/mol. The molecule has 0 amide bonds. The second-order valence-corrected chi connectivity index (χ2v) is 2.01. The van der Waals surface area contributed by atoms with Crippen LogP contribution in [0.25, 0.3) is 0 Å². The van der Waals surface area contributed by atoms with Gasteiger partial charge in [-0.05, 0) is 6.26 Å². The van der Waals surface area contributed by atoms with Crippen LogP contribution in [0.1, 0.15) is 16.9 Å². The van der Waals surface area contributed by atoms with Gasteiger partial charge in [-0.15, -0.1) is 5.56 Å². The molecule has 1 aromatic rings. The monoisotopic (exact) mass is 198 g/mol. The van der Waals surface area contributed by atoms with Crippen LogP contribution in [-0.2, 0) is 32.7 Å². The standard InChI is InChI=1S/C7H9O.Y/c1-5-4-8-7(3)6(5)2;/h1-3H3;/q-1;. The largest absolute Gasteiger partial charge is 0.595 e. The van der Waals surface area contributed by atoms with Crippen molar-refractivity contribution in [2.45, 2.75) is 20.8 Å². The molecule has 1 heterocycles. The quantitative estimate of drug-likeness (QED) is 0.581. The van der Waals surface area contributed by atoms with E-state index in [0.29, 0.717) is 0 Å². The average molecular weight is 198 g/mol. The van der Waals surface area contributed by atoms with E-state index in [2.05, 4.69) is 6.26 Å². The molecular formula is C7H9OY-. The molecular weight excluding hydrogens is 189 g/mol. The van der Waals surface area contributed by atoms with Crippen LogP contribution in [-0.4, -0.2) is 0 Å². The Morgan fingerprint density at radius 2 is 1.78 bits per heavy atom. The van der Waals surface area contributed by atoms with Crippen molar-refractivity contribution < 1.29 is 37.1 Å². The summed E-state index contributed by atoms with van der Waals surface area (Å²) >= 11 is 0. The number of aryl methyl sites for hydroxylation is 2. The number of hydrogen-bond donors (Lipinski definition) is 0. The summed E-state index contributed by atoms with van der Waals surface area (Å²) in [6.45, 7) is 5.97. The van der Waals surface area contributed by atoms with E-state index in [0.717, 1.165) is 11.3 Å². The van der Waals surface area contributed by atoms with Crippen molar-refractivity contribution in [1.29, 1.82) is 0 Å². The van der Waals surface area contributed by atoms with Gasteiger partial charge < -0.3 is 4.42 Å². The van der Waals surface area contributed by atoms with Gasteiger partial charge in [-0.3, -0.25) is 0 Å². The summed E-state index contributed by atoms with van der Waals surface area (Å²) < 4.78 is 4.97. The van der Waals surface area contributed by atoms with Crippen LogP contribution < -0.4 is 0 Å². The van der Waals surface area contributed by atoms with Gasteiger partial charge in [0.25, 0.3) is 0 Å². The van der Waals surface area contributed by atoms with E-state index in [1.54, 1.807) is 0 Å². The van der Waals surface area contributed by atoms with Gasteiger partial charge in [0.15, 0.2) is 0 Å². The van der Waals surface area contributed by atoms with Gasteiger partial charge in [-0.1, -0.05) is 26.5 Å². The van der Waals surface area contributed by atoms with Crippen LogP contribution in [0.5, 0.6) is 0 Å². The Morgan fingerprint density at radius 3 is 1.89 bits per heavy atom. The van der Waals surface area contributed by atoms with Gasteiger partial charge in [0.1, 0.15) is 0 Å². The molecule has 0 unspecified atom stereocenters. The fourth-order valence-corrected chi connectivity index (χ4v) is 0.570. The predicted octanol–water partition coefficient (Wildman–Crippen LogP) is 2.00. The second kappa shape index (κ2) is 3.53. The molecule has 0 saturated heterocycles. The Morgan fingerprint density at radius 1 is 1.22 bits per heavy atom. The van der Waals surface area contributed by atoms with Gasteiger partial charge in [-0.2, -0.15) is 5.56 Å². The molecule has 47 valence electrons. The maximum atomic E-state index is 4.97. The first-order valence-electron chi connectivity index (χ1n) is 2.66. The molecule has 1 radical (unpaired) electrons. The molecule has 1 rings (SSSR count). The molecule has 2 heteroatoms. The average Bonchev–Trinajstić information content (AvgIpc) is 1.98. The third-order valence-electron chi connectivity index (χ3n) is 1.45. The summed E-state index contributed by atoms with van der Waals surface area (Å²) in [6, 6.07) is 0. The van der Waals surface area contributed by atoms with Gasteiger partial charge in [0, 0.05) is 32.7 Å². The van der Waals surface area contributed by atoms with E-state index < -0.39 is 0 Å². The van der Waals surface area contributed by atoms with Gasteiger partial charge in [0.05, 0.1) is 0 Å². The third-order valence-corrected chi connectivity index (χ3v) is 1.45. The number of rotatable bonds is 0. The maximum Gasteiger partial charge on any atom is 0 e. The van der Waals surface area contributed by atoms with Crippen molar-refractivity contribution in [2.24, 2.45) is 0 Å². The van der Waals surface area contributed by atoms with Gasteiger partial charge in [0.2, 0.25) is 0 Å². The zero-order chi connectivity index (χ0) is 6.15. The van der Waals surface area contributed by atoms with Crippen molar-refractivity contribution in [3.05, 3.63) is 23.2 Å². The summed E-state index contributed by atoms with van der Waals surface area (Å²) in [5.74, 6) is 0.975. The Labute approximate surface area is 80.7 Å². The molecule has 0 aliphatic rings. The minimum absolute atomic E-state index is 0. The van der Waals surface area contributed by atoms with E-state index in [-0.39, 0.29) is 32.7 Å². The SMILES string of the molecule is Cc1[c-]oc(C)c1C.[Y]. The molecule has 0 fully saturated rings. The van der Waals surface area contributed by atoms with Crippen molar-refractivity contribution in [1.82, 2.24) is 0 Å². The first kappa shape index (κ1) is 9.38. The smallest absolute Gasteiger partial charge is 0 e. The second-order valence-electron chi connectivity index (χ2n) is 2.01. The Bertz CT molecular complexity index is 171. The molecule has 0 atom stereocenters. The molecule has 1 aromatic heterocycles. The molecule has 9 heavy (non-hydrogen) atoms. The van der Waals surface area contributed by atoms with Crippen LogP contribution in [0.2, 0.25) is 0 Å². The van der Waals surface area contributed by atoms with Crippen LogP contribution in [0.15, 0.2) is 4.42 Å². The molecule has 0 bridgehead atoms. The summed E-state index contributed by atoms with van der Waals surface area (Å²) in [5, 5.41) is 0. The van der Waals surface area contributed by atoms with E-state index in [9.17, 15) is 0 Å². The molecule has 0 saturated carbocycles. The molecule has 0 aliphatic carbocycles. The van der Waals surface area contributed by atoms with Crippen LogP contribution in [0, 0.1) is 27.0 Å². The van der Waals surface area contributed by atoms with Crippen LogP contribution >= 0.6 is 0 Å². The third kappa shape index (κ3) is 1.91. The van der Waals surface area contributed by atoms with E-state index >= 15 is 0 Å². The zero-order valence-electron chi connectivity index (χ0n) is 5.99. The normalized spacial score (nSPS) is 8.78. The van der Waals surface area contributed by atoms with Crippen LogP contribution in [0.3, 0.4) is 0 Å².